The van der Waals surface area contributed by atoms with Gasteiger partial charge in [0.15, 0.2) is 11.6 Å². The first-order valence-electron chi connectivity index (χ1n) is 7.76. The Labute approximate surface area is 138 Å². The van der Waals surface area contributed by atoms with Crippen LogP contribution in [0, 0.1) is 17.5 Å². The van der Waals surface area contributed by atoms with Crippen molar-refractivity contribution in [1.29, 1.82) is 0 Å². The second-order valence-electron chi connectivity index (χ2n) is 5.73. The molecule has 2 aromatic rings. The molecule has 0 N–H and O–H groups in total. The van der Waals surface area contributed by atoms with Crippen LogP contribution < -0.4 is 4.90 Å². The largest absolute Gasteiger partial charge is 0.368 e. The smallest absolute Gasteiger partial charge is 0.227 e. The lowest BCUT2D eigenvalue weighted by Crippen LogP contribution is -2.49. The summed E-state index contributed by atoms with van der Waals surface area (Å²) < 4.78 is 39.9. The molecule has 1 aliphatic heterocycles. The Hall–Kier alpha value is -2.50. The van der Waals surface area contributed by atoms with Crippen LogP contribution >= 0.6 is 0 Å². The van der Waals surface area contributed by atoms with Gasteiger partial charge in [-0.25, -0.2) is 13.2 Å². The van der Waals surface area contributed by atoms with Crippen molar-refractivity contribution in [2.45, 2.75) is 6.42 Å². The maximum atomic E-state index is 13.6. The molecule has 0 radical (unpaired) electrons. The van der Waals surface area contributed by atoms with E-state index in [0.717, 1.165) is 12.1 Å². The van der Waals surface area contributed by atoms with Gasteiger partial charge in [-0.15, -0.1) is 0 Å². The fraction of sp³-hybridized carbons (Fsp3) is 0.278. The van der Waals surface area contributed by atoms with Crippen molar-refractivity contribution in [1.82, 2.24) is 4.90 Å². The van der Waals surface area contributed by atoms with Crippen molar-refractivity contribution in [2.24, 2.45) is 0 Å². The fourth-order valence-electron chi connectivity index (χ4n) is 2.81. The Morgan fingerprint density at radius 2 is 1.58 bits per heavy atom. The van der Waals surface area contributed by atoms with E-state index in [-0.39, 0.29) is 18.1 Å². The SMILES string of the molecule is O=C(Cc1ccccc1F)N1CCN(c2ccc(F)c(F)c2)CC1. The standard InChI is InChI=1S/C18H17F3N2O/c19-15-4-2-1-3-13(15)11-18(24)23-9-7-22(8-10-23)14-5-6-16(20)17(21)12-14/h1-6,12H,7-11H2. The number of nitrogens with zero attached hydrogens (tertiary/aromatic N) is 2. The molecule has 3 rings (SSSR count). The molecule has 24 heavy (non-hydrogen) atoms. The number of hydrogen-bond donors (Lipinski definition) is 0. The van der Waals surface area contributed by atoms with Crippen LogP contribution in [0.15, 0.2) is 42.5 Å². The van der Waals surface area contributed by atoms with Gasteiger partial charge in [0, 0.05) is 37.9 Å². The van der Waals surface area contributed by atoms with Crippen LogP contribution in [0.3, 0.4) is 0 Å². The monoisotopic (exact) mass is 334 g/mol. The number of carbonyl (C=O) groups is 1. The first kappa shape index (κ1) is 16.4. The Balaban J connectivity index is 1.59. The molecule has 0 unspecified atom stereocenters. The summed E-state index contributed by atoms with van der Waals surface area (Å²) in [6, 6.07) is 10.0. The predicted molar refractivity (Wildman–Crippen MR) is 85.3 cm³/mol. The normalized spacial score (nSPS) is 14.8. The molecule has 1 amide bonds. The lowest BCUT2D eigenvalue weighted by molar-refractivity contribution is -0.130. The van der Waals surface area contributed by atoms with Crippen LogP contribution in [0.4, 0.5) is 18.9 Å². The van der Waals surface area contributed by atoms with E-state index in [9.17, 15) is 18.0 Å². The molecular weight excluding hydrogens is 317 g/mol. The van der Waals surface area contributed by atoms with Crippen molar-refractivity contribution >= 4 is 11.6 Å². The summed E-state index contributed by atoms with van der Waals surface area (Å²) in [6.07, 6.45) is 0.0256. The zero-order valence-corrected chi connectivity index (χ0v) is 13.0. The fourth-order valence-corrected chi connectivity index (χ4v) is 2.81. The van der Waals surface area contributed by atoms with Crippen LogP contribution in [-0.2, 0) is 11.2 Å². The third-order valence-electron chi connectivity index (χ3n) is 4.20. The molecule has 126 valence electrons. The Bertz CT molecular complexity index is 743. The number of piperazine rings is 1. The molecule has 0 saturated carbocycles. The first-order valence-corrected chi connectivity index (χ1v) is 7.76. The molecule has 0 spiro atoms. The van der Waals surface area contributed by atoms with E-state index in [4.69, 9.17) is 0 Å². The summed E-state index contributed by atoms with van der Waals surface area (Å²) in [6.45, 7) is 1.97. The summed E-state index contributed by atoms with van der Waals surface area (Å²) in [5, 5.41) is 0. The van der Waals surface area contributed by atoms with Gasteiger partial charge in [0.2, 0.25) is 5.91 Å². The number of halogens is 3. The molecular formula is C18H17F3N2O. The van der Waals surface area contributed by atoms with E-state index in [0.29, 0.717) is 37.4 Å². The quantitative estimate of drug-likeness (QED) is 0.861. The van der Waals surface area contributed by atoms with Gasteiger partial charge >= 0.3 is 0 Å². The van der Waals surface area contributed by atoms with Crippen LogP contribution in [0.5, 0.6) is 0 Å². The van der Waals surface area contributed by atoms with Crippen LogP contribution in [0.1, 0.15) is 5.56 Å². The highest BCUT2D eigenvalue weighted by molar-refractivity contribution is 5.79. The van der Waals surface area contributed by atoms with Gasteiger partial charge in [-0.05, 0) is 23.8 Å². The second-order valence-corrected chi connectivity index (χ2v) is 5.73. The summed E-state index contributed by atoms with van der Waals surface area (Å²) in [7, 11) is 0. The molecule has 1 aliphatic rings. The molecule has 2 aromatic carbocycles. The highest BCUT2D eigenvalue weighted by Crippen LogP contribution is 2.20. The van der Waals surface area contributed by atoms with E-state index in [1.807, 2.05) is 4.90 Å². The minimum Gasteiger partial charge on any atom is -0.368 e. The molecule has 1 saturated heterocycles. The minimum atomic E-state index is -0.884. The lowest BCUT2D eigenvalue weighted by Gasteiger charge is -2.36. The predicted octanol–water partition coefficient (Wildman–Crippen LogP) is 3.00. The van der Waals surface area contributed by atoms with Gasteiger partial charge < -0.3 is 9.80 Å². The molecule has 6 heteroatoms. The number of hydrogen-bond acceptors (Lipinski definition) is 2. The average Bonchev–Trinajstić information content (AvgIpc) is 2.59. The van der Waals surface area contributed by atoms with Gasteiger partial charge in [0.05, 0.1) is 6.42 Å². The number of benzene rings is 2. The van der Waals surface area contributed by atoms with Gasteiger partial charge in [0.25, 0.3) is 0 Å². The van der Waals surface area contributed by atoms with E-state index < -0.39 is 11.6 Å². The summed E-state index contributed by atoms with van der Waals surface area (Å²) >= 11 is 0. The van der Waals surface area contributed by atoms with Crippen molar-refractivity contribution in [3.63, 3.8) is 0 Å². The van der Waals surface area contributed by atoms with E-state index in [1.54, 1.807) is 23.1 Å². The highest BCUT2D eigenvalue weighted by Gasteiger charge is 2.22. The van der Waals surface area contributed by atoms with Crippen LogP contribution in [0.25, 0.3) is 0 Å². The lowest BCUT2D eigenvalue weighted by atomic mass is 10.1. The number of anilines is 1. The third-order valence-corrected chi connectivity index (χ3v) is 4.20. The van der Waals surface area contributed by atoms with Crippen molar-refractivity contribution in [2.75, 3.05) is 31.1 Å². The Morgan fingerprint density at radius 3 is 2.25 bits per heavy atom. The van der Waals surface area contributed by atoms with Crippen LogP contribution in [-0.4, -0.2) is 37.0 Å². The minimum absolute atomic E-state index is 0.0256. The number of carbonyl (C=O) groups excluding carboxylic acids is 1. The Kier molecular flexibility index (Phi) is 4.74. The summed E-state index contributed by atoms with van der Waals surface area (Å²) in [5.74, 6) is -2.28. The maximum absolute atomic E-state index is 13.6. The van der Waals surface area contributed by atoms with Crippen molar-refractivity contribution in [3.8, 4) is 0 Å². The van der Waals surface area contributed by atoms with E-state index >= 15 is 0 Å². The molecule has 3 nitrogen and oxygen atoms in total. The Morgan fingerprint density at radius 1 is 0.875 bits per heavy atom. The average molecular weight is 334 g/mol. The van der Waals surface area contributed by atoms with Gasteiger partial charge in [-0.3, -0.25) is 4.79 Å². The number of rotatable bonds is 3. The van der Waals surface area contributed by atoms with Gasteiger partial charge in [-0.1, -0.05) is 18.2 Å². The number of amides is 1. The topological polar surface area (TPSA) is 23.6 Å². The summed E-state index contributed by atoms with van der Waals surface area (Å²) in [4.78, 5) is 15.9. The first-order chi connectivity index (χ1) is 11.5. The molecule has 0 aliphatic carbocycles. The zero-order valence-electron chi connectivity index (χ0n) is 13.0. The molecule has 0 bridgehead atoms. The zero-order chi connectivity index (χ0) is 17.1. The van der Waals surface area contributed by atoms with Gasteiger partial charge in [0.1, 0.15) is 5.82 Å². The van der Waals surface area contributed by atoms with E-state index in [2.05, 4.69) is 0 Å². The van der Waals surface area contributed by atoms with Crippen molar-refractivity contribution < 1.29 is 18.0 Å². The van der Waals surface area contributed by atoms with E-state index in [1.165, 1.54) is 12.1 Å². The van der Waals surface area contributed by atoms with Gasteiger partial charge in [-0.2, -0.15) is 0 Å². The molecule has 0 aromatic heterocycles. The van der Waals surface area contributed by atoms with Crippen molar-refractivity contribution in [3.05, 3.63) is 65.5 Å². The molecule has 1 heterocycles. The highest BCUT2D eigenvalue weighted by atomic mass is 19.2. The molecule has 1 fully saturated rings. The second kappa shape index (κ2) is 6.95. The summed E-state index contributed by atoms with van der Waals surface area (Å²) in [5.41, 5.74) is 0.973. The maximum Gasteiger partial charge on any atom is 0.227 e. The molecule has 0 atom stereocenters. The third kappa shape index (κ3) is 3.53. The van der Waals surface area contributed by atoms with Crippen LogP contribution in [0.2, 0.25) is 0 Å².